The number of para-hydroxylation sites is 1. The molecular weight excluding hydrogens is 152 g/mol. The minimum atomic E-state index is 0.517. The van der Waals surface area contributed by atoms with E-state index in [4.69, 9.17) is 5.73 Å². The predicted octanol–water partition coefficient (Wildman–Crippen LogP) is 1.06. The Morgan fingerprint density at radius 2 is 1.92 bits per heavy atom. The normalized spacial score (nSPS) is 10.3. The van der Waals surface area contributed by atoms with Crippen molar-refractivity contribution < 1.29 is 4.73 Å². The maximum Gasteiger partial charge on any atom is 0.246 e. The third-order valence-electron chi connectivity index (χ3n) is 1.82. The maximum atomic E-state index is 11.2. The van der Waals surface area contributed by atoms with Gasteiger partial charge in [-0.05, 0) is 18.2 Å². The lowest BCUT2D eigenvalue weighted by atomic mass is 10.2. The van der Waals surface area contributed by atoms with Crippen LogP contribution in [0, 0.1) is 5.21 Å². The Labute approximate surface area is 69.6 Å². The molecule has 0 fully saturated rings. The van der Waals surface area contributed by atoms with Gasteiger partial charge in [-0.15, -0.1) is 0 Å². The molecule has 1 heterocycles. The number of nitrogen functional groups attached to an aromatic ring is 1. The van der Waals surface area contributed by atoms with Gasteiger partial charge in [0.05, 0.1) is 0 Å². The van der Waals surface area contributed by atoms with Crippen molar-refractivity contribution in [3.63, 3.8) is 0 Å². The van der Waals surface area contributed by atoms with Gasteiger partial charge in [0.25, 0.3) is 0 Å². The molecule has 2 rings (SSSR count). The van der Waals surface area contributed by atoms with Crippen molar-refractivity contribution >= 4 is 16.6 Å². The molecule has 3 heteroatoms. The van der Waals surface area contributed by atoms with Crippen LogP contribution >= 0.6 is 0 Å². The Morgan fingerprint density at radius 3 is 2.67 bits per heavy atom. The first kappa shape index (κ1) is 6.91. The first-order chi connectivity index (χ1) is 5.79. The molecule has 0 atom stereocenters. The van der Waals surface area contributed by atoms with Gasteiger partial charge in [0.2, 0.25) is 5.52 Å². The summed E-state index contributed by atoms with van der Waals surface area (Å²) in [4.78, 5) is 0. The highest BCUT2D eigenvalue weighted by Gasteiger charge is 2.04. The number of hydrogen-bond donors (Lipinski definition) is 1. The van der Waals surface area contributed by atoms with Gasteiger partial charge in [0.1, 0.15) is 5.69 Å². The monoisotopic (exact) mass is 160 g/mol. The third-order valence-corrected chi connectivity index (χ3v) is 1.82. The van der Waals surface area contributed by atoms with Crippen LogP contribution in [-0.4, -0.2) is 0 Å². The smallest absolute Gasteiger partial charge is 0.246 e. The van der Waals surface area contributed by atoms with Crippen molar-refractivity contribution in [2.75, 3.05) is 5.73 Å². The Hall–Kier alpha value is -1.77. The van der Waals surface area contributed by atoms with Crippen LogP contribution < -0.4 is 10.5 Å². The highest BCUT2D eigenvalue weighted by atomic mass is 16.5. The highest BCUT2D eigenvalue weighted by molar-refractivity contribution is 5.86. The van der Waals surface area contributed by atoms with E-state index >= 15 is 0 Å². The zero-order valence-electron chi connectivity index (χ0n) is 6.40. The summed E-state index contributed by atoms with van der Waals surface area (Å²) in [7, 11) is 0. The molecule has 0 radical (unpaired) electrons. The third kappa shape index (κ3) is 0.871. The van der Waals surface area contributed by atoms with Crippen molar-refractivity contribution in [3.05, 3.63) is 41.7 Å². The van der Waals surface area contributed by atoms with Crippen LogP contribution in [0.25, 0.3) is 10.9 Å². The summed E-state index contributed by atoms with van der Waals surface area (Å²) in [5, 5.41) is 12.1. The van der Waals surface area contributed by atoms with Crippen molar-refractivity contribution in [3.8, 4) is 0 Å². The fourth-order valence-corrected chi connectivity index (χ4v) is 1.27. The number of pyridine rings is 1. The molecule has 1 aromatic carbocycles. The second-order valence-corrected chi connectivity index (χ2v) is 2.62. The van der Waals surface area contributed by atoms with Gasteiger partial charge in [-0.1, -0.05) is 6.07 Å². The van der Waals surface area contributed by atoms with Crippen molar-refractivity contribution in [2.45, 2.75) is 0 Å². The summed E-state index contributed by atoms with van der Waals surface area (Å²) in [5.74, 6) is 0. The Bertz CT molecular complexity index is 389. The zero-order chi connectivity index (χ0) is 8.55. The first-order valence-electron chi connectivity index (χ1n) is 3.65. The number of fused-ring (bicyclic) bond motifs is 1. The molecule has 0 amide bonds. The molecule has 0 saturated heterocycles. The number of aromatic nitrogens is 1. The highest BCUT2D eigenvalue weighted by Crippen LogP contribution is 2.15. The standard InChI is InChI=1S/C9H8N2O/c10-8-5-1-3-7-4-2-6-11(12)9(7)8/h1-6H,10H2. The summed E-state index contributed by atoms with van der Waals surface area (Å²) >= 11 is 0. The molecule has 0 unspecified atom stereocenters. The summed E-state index contributed by atoms with van der Waals surface area (Å²) in [6.07, 6.45) is 1.44. The molecule has 2 N–H and O–H groups in total. The van der Waals surface area contributed by atoms with Gasteiger partial charge < -0.3 is 10.9 Å². The van der Waals surface area contributed by atoms with E-state index in [9.17, 15) is 5.21 Å². The molecule has 0 aliphatic carbocycles. The quantitative estimate of drug-likeness (QED) is 0.356. The lowest BCUT2D eigenvalue weighted by molar-refractivity contribution is -0.576. The van der Waals surface area contributed by atoms with E-state index in [2.05, 4.69) is 0 Å². The van der Waals surface area contributed by atoms with E-state index in [1.165, 1.54) is 6.20 Å². The van der Waals surface area contributed by atoms with Crippen LogP contribution in [0.3, 0.4) is 0 Å². The Kier molecular flexibility index (Phi) is 1.37. The molecule has 12 heavy (non-hydrogen) atoms. The number of benzene rings is 1. The molecule has 1 aromatic heterocycles. The van der Waals surface area contributed by atoms with Gasteiger partial charge >= 0.3 is 0 Å². The number of rotatable bonds is 0. The molecule has 2 aromatic rings. The molecule has 0 bridgehead atoms. The first-order valence-corrected chi connectivity index (χ1v) is 3.65. The van der Waals surface area contributed by atoms with E-state index < -0.39 is 0 Å². The SMILES string of the molecule is Nc1cccc2ccc[n+]([O-])c12. The summed E-state index contributed by atoms with van der Waals surface area (Å²) in [5.41, 5.74) is 6.69. The van der Waals surface area contributed by atoms with Crippen LogP contribution in [0.5, 0.6) is 0 Å². The van der Waals surface area contributed by atoms with Gasteiger partial charge in [0.15, 0.2) is 6.20 Å². The lowest BCUT2D eigenvalue weighted by Gasteiger charge is -2.02. The van der Waals surface area contributed by atoms with E-state index in [0.29, 0.717) is 11.2 Å². The summed E-state index contributed by atoms with van der Waals surface area (Å²) in [6, 6.07) is 8.98. The molecule has 0 aliphatic heterocycles. The average Bonchev–Trinajstić information content (AvgIpc) is 2.04. The number of anilines is 1. The molecule has 3 nitrogen and oxygen atoms in total. The topological polar surface area (TPSA) is 53.0 Å². The van der Waals surface area contributed by atoms with Crippen molar-refractivity contribution in [1.82, 2.24) is 0 Å². The zero-order valence-corrected chi connectivity index (χ0v) is 6.40. The van der Waals surface area contributed by atoms with E-state index in [1.807, 2.05) is 18.2 Å². The van der Waals surface area contributed by atoms with Gasteiger partial charge in [-0.25, -0.2) is 0 Å². The Balaban J connectivity index is 2.96. The van der Waals surface area contributed by atoms with E-state index in [0.717, 1.165) is 10.1 Å². The minimum absolute atomic E-state index is 0.517. The molecule has 0 aliphatic rings. The van der Waals surface area contributed by atoms with Crippen LogP contribution in [-0.2, 0) is 0 Å². The predicted molar refractivity (Wildman–Crippen MR) is 47.3 cm³/mol. The summed E-state index contributed by atoms with van der Waals surface area (Å²) < 4.78 is 0.782. The lowest BCUT2D eigenvalue weighted by Crippen LogP contribution is -2.26. The van der Waals surface area contributed by atoms with Crippen LogP contribution in [0.4, 0.5) is 5.69 Å². The van der Waals surface area contributed by atoms with Gasteiger partial charge in [-0.2, -0.15) is 4.73 Å². The van der Waals surface area contributed by atoms with Gasteiger partial charge in [0, 0.05) is 11.5 Å². The molecule has 0 spiro atoms. The fourth-order valence-electron chi connectivity index (χ4n) is 1.27. The number of nitrogens with zero attached hydrogens (tertiary/aromatic N) is 1. The van der Waals surface area contributed by atoms with Crippen LogP contribution in [0.15, 0.2) is 36.5 Å². The van der Waals surface area contributed by atoms with E-state index in [-0.39, 0.29) is 0 Å². The number of hydrogen-bond acceptors (Lipinski definition) is 2. The Morgan fingerprint density at radius 1 is 1.17 bits per heavy atom. The molecule has 0 saturated carbocycles. The summed E-state index contributed by atoms with van der Waals surface area (Å²) in [6.45, 7) is 0. The average molecular weight is 160 g/mol. The van der Waals surface area contributed by atoms with E-state index in [1.54, 1.807) is 12.1 Å². The second kappa shape index (κ2) is 2.37. The van der Waals surface area contributed by atoms with Crippen molar-refractivity contribution in [1.29, 1.82) is 0 Å². The molecular formula is C9H8N2O. The van der Waals surface area contributed by atoms with Gasteiger partial charge in [-0.3, -0.25) is 0 Å². The fraction of sp³-hybridized carbons (Fsp3) is 0. The van der Waals surface area contributed by atoms with Crippen molar-refractivity contribution in [2.24, 2.45) is 0 Å². The minimum Gasteiger partial charge on any atom is -0.618 e. The van der Waals surface area contributed by atoms with Crippen LogP contribution in [0.1, 0.15) is 0 Å². The largest absolute Gasteiger partial charge is 0.618 e. The maximum absolute atomic E-state index is 11.2. The second-order valence-electron chi connectivity index (χ2n) is 2.62. The molecule has 60 valence electrons. The van der Waals surface area contributed by atoms with Crippen LogP contribution in [0.2, 0.25) is 0 Å². The number of nitrogens with two attached hydrogens (primary N) is 1.